The molecule has 8 heteroatoms. The summed E-state index contributed by atoms with van der Waals surface area (Å²) in [6.07, 6.45) is 2.04. The fraction of sp³-hybridized carbons (Fsp3) is 0.632. The van der Waals surface area contributed by atoms with E-state index in [1.807, 2.05) is 9.80 Å². The number of carbonyl (C=O) groups is 2. The maximum absolute atomic E-state index is 13.0. The van der Waals surface area contributed by atoms with E-state index in [0.29, 0.717) is 18.7 Å². The molecule has 0 radical (unpaired) electrons. The average molecular weight is 376 g/mol. The molecule has 0 N–H and O–H groups in total. The molecule has 0 unspecified atom stereocenters. The number of rotatable bonds is 3. The van der Waals surface area contributed by atoms with E-state index in [1.54, 1.807) is 0 Å². The smallest absolute Gasteiger partial charge is 0.251 e. The van der Waals surface area contributed by atoms with Crippen molar-refractivity contribution >= 4 is 11.8 Å². The minimum absolute atomic E-state index is 0.0436. The number of hydrogen-bond donors (Lipinski definition) is 0. The highest BCUT2D eigenvalue weighted by atomic mass is 19.1. The van der Waals surface area contributed by atoms with E-state index >= 15 is 0 Å². The summed E-state index contributed by atoms with van der Waals surface area (Å²) in [7, 11) is 2.05. The Hall–Kier alpha value is -2.06. The number of pyridine rings is 1. The van der Waals surface area contributed by atoms with Crippen LogP contribution in [0.3, 0.4) is 0 Å². The molecule has 4 rings (SSSR count). The van der Waals surface area contributed by atoms with E-state index in [2.05, 4.69) is 16.9 Å². The molecule has 3 aliphatic rings. The molecule has 0 saturated carbocycles. The largest absolute Gasteiger partial charge is 0.363 e. The summed E-state index contributed by atoms with van der Waals surface area (Å²) in [5.74, 6) is -0.412. The molecule has 3 aliphatic heterocycles. The van der Waals surface area contributed by atoms with Crippen molar-refractivity contribution < 1.29 is 18.7 Å². The fourth-order valence-electron chi connectivity index (χ4n) is 4.22. The topological polar surface area (TPSA) is 66.0 Å². The maximum atomic E-state index is 13.0. The summed E-state index contributed by atoms with van der Waals surface area (Å²) in [4.78, 5) is 35.3. The number of carbonyl (C=O) groups excluding carboxylic acids is 2. The van der Waals surface area contributed by atoms with Gasteiger partial charge in [0.2, 0.25) is 5.91 Å². The first-order valence-electron chi connectivity index (χ1n) is 9.54. The first kappa shape index (κ1) is 18.3. The van der Waals surface area contributed by atoms with Crippen LogP contribution in [0.4, 0.5) is 4.39 Å². The van der Waals surface area contributed by atoms with Crippen LogP contribution in [-0.2, 0) is 20.7 Å². The highest BCUT2D eigenvalue weighted by Gasteiger charge is 2.48. The third kappa shape index (κ3) is 3.82. The number of fused-ring (bicyclic) bond motifs is 1. The Morgan fingerprint density at radius 3 is 2.70 bits per heavy atom. The third-order valence-electron chi connectivity index (χ3n) is 5.81. The molecule has 3 fully saturated rings. The first-order valence-corrected chi connectivity index (χ1v) is 9.54. The molecule has 1 aromatic rings. The van der Waals surface area contributed by atoms with Crippen molar-refractivity contribution in [3.8, 4) is 0 Å². The van der Waals surface area contributed by atoms with Crippen LogP contribution in [0.2, 0.25) is 0 Å². The maximum Gasteiger partial charge on any atom is 0.251 e. The Morgan fingerprint density at radius 2 is 2.00 bits per heavy atom. The van der Waals surface area contributed by atoms with Gasteiger partial charge in [-0.05, 0) is 25.6 Å². The lowest BCUT2D eigenvalue weighted by atomic mass is 10.1. The number of piperazine rings is 1. The van der Waals surface area contributed by atoms with Gasteiger partial charge in [0.15, 0.2) is 0 Å². The quantitative estimate of drug-likeness (QED) is 0.759. The Bertz CT molecular complexity index is 705. The summed E-state index contributed by atoms with van der Waals surface area (Å²) < 4.78 is 19.0. The predicted octanol–water partition coefficient (Wildman–Crippen LogP) is 0.296. The molecular weight excluding hydrogens is 351 g/mol. The van der Waals surface area contributed by atoms with Crippen molar-refractivity contribution in [2.75, 3.05) is 39.8 Å². The van der Waals surface area contributed by atoms with E-state index in [-0.39, 0.29) is 30.4 Å². The van der Waals surface area contributed by atoms with Crippen LogP contribution in [0, 0.1) is 5.82 Å². The van der Waals surface area contributed by atoms with Gasteiger partial charge in [-0.3, -0.25) is 14.6 Å². The first-order chi connectivity index (χ1) is 13.0. The van der Waals surface area contributed by atoms with Crippen LogP contribution >= 0.6 is 0 Å². The Morgan fingerprint density at radius 1 is 1.22 bits per heavy atom. The van der Waals surface area contributed by atoms with Crippen molar-refractivity contribution in [2.24, 2.45) is 0 Å². The zero-order chi connectivity index (χ0) is 19.0. The van der Waals surface area contributed by atoms with E-state index in [1.165, 1.54) is 12.1 Å². The molecule has 2 amide bonds. The van der Waals surface area contributed by atoms with Crippen LogP contribution in [0.5, 0.6) is 0 Å². The molecule has 7 nitrogen and oxygen atoms in total. The van der Waals surface area contributed by atoms with Gasteiger partial charge in [0.25, 0.3) is 5.91 Å². The molecular formula is C19H25FN4O3. The van der Waals surface area contributed by atoms with Gasteiger partial charge >= 0.3 is 0 Å². The van der Waals surface area contributed by atoms with Gasteiger partial charge in [-0.25, -0.2) is 4.39 Å². The van der Waals surface area contributed by atoms with Gasteiger partial charge in [-0.1, -0.05) is 0 Å². The monoisotopic (exact) mass is 376 g/mol. The van der Waals surface area contributed by atoms with Gasteiger partial charge in [0, 0.05) is 44.8 Å². The Labute approximate surface area is 158 Å². The van der Waals surface area contributed by atoms with Crippen LogP contribution in [-0.4, -0.2) is 89.5 Å². The van der Waals surface area contributed by atoms with Crippen LogP contribution in [0.25, 0.3) is 0 Å². The fourth-order valence-corrected chi connectivity index (χ4v) is 4.22. The Balaban J connectivity index is 1.36. The van der Waals surface area contributed by atoms with E-state index in [4.69, 9.17) is 4.74 Å². The summed E-state index contributed by atoms with van der Waals surface area (Å²) in [5.41, 5.74) is 0.550. The number of aromatic nitrogens is 1. The van der Waals surface area contributed by atoms with Gasteiger partial charge in [-0.2, -0.15) is 0 Å². The third-order valence-corrected chi connectivity index (χ3v) is 5.81. The highest BCUT2D eigenvalue weighted by Crippen LogP contribution is 2.34. The van der Waals surface area contributed by atoms with Gasteiger partial charge in [-0.15, -0.1) is 0 Å². The number of likely N-dealkylation sites (tertiary alicyclic amines) is 1. The number of hydrogen-bond acceptors (Lipinski definition) is 5. The molecule has 1 aromatic heterocycles. The molecule has 146 valence electrons. The van der Waals surface area contributed by atoms with Crippen LogP contribution < -0.4 is 0 Å². The van der Waals surface area contributed by atoms with Crippen LogP contribution in [0.1, 0.15) is 18.5 Å². The normalized spacial score (nSPS) is 28.4. The number of amides is 2. The molecule has 3 saturated heterocycles. The lowest BCUT2D eigenvalue weighted by Crippen LogP contribution is -2.50. The second-order valence-corrected chi connectivity index (χ2v) is 7.62. The van der Waals surface area contributed by atoms with Crippen LogP contribution in [0.15, 0.2) is 18.3 Å². The zero-order valence-electron chi connectivity index (χ0n) is 15.5. The average Bonchev–Trinajstić information content (AvgIpc) is 3.24. The number of halogens is 1. The predicted molar refractivity (Wildman–Crippen MR) is 95.4 cm³/mol. The van der Waals surface area contributed by atoms with Gasteiger partial charge in [0.05, 0.1) is 24.8 Å². The molecule has 3 atom stereocenters. The summed E-state index contributed by atoms with van der Waals surface area (Å²) in [5, 5.41) is 0. The standard InChI is InChI=1S/C19H25FN4O3/c1-22-6-8-23(9-7-22)19(26)17-11-15-16(27-17)4-5-24(15)18(25)10-14-3-2-13(20)12-21-14/h2-3,12,15-17H,4-11H2,1H3/t15-,16-,17+/m1/s1. The SMILES string of the molecule is CN1CCN(C(=O)[C@@H]2C[C@@H]3[C@@H](CCN3C(=O)Cc3ccc(F)cn3)O2)CC1. The van der Waals surface area contributed by atoms with Crippen molar-refractivity contribution in [3.05, 3.63) is 29.8 Å². The highest BCUT2D eigenvalue weighted by molar-refractivity contribution is 5.82. The zero-order valence-corrected chi connectivity index (χ0v) is 15.5. The second-order valence-electron chi connectivity index (χ2n) is 7.62. The molecule has 27 heavy (non-hydrogen) atoms. The molecule has 0 spiro atoms. The molecule has 0 bridgehead atoms. The lowest BCUT2D eigenvalue weighted by molar-refractivity contribution is -0.144. The number of likely N-dealkylation sites (N-methyl/N-ethyl adjacent to an activating group) is 1. The van der Waals surface area contributed by atoms with E-state index < -0.39 is 11.9 Å². The summed E-state index contributed by atoms with van der Waals surface area (Å²) in [6.45, 7) is 3.83. The molecule has 0 aromatic carbocycles. The summed E-state index contributed by atoms with van der Waals surface area (Å²) in [6, 6.07) is 2.79. The van der Waals surface area contributed by atoms with Crippen molar-refractivity contribution in [2.45, 2.75) is 37.5 Å². The number of ether oxygens (including phenoxy) is 1. The minimum Gasteiger partial charge on any atom is -0.363 e. The van der Waals surface area contributed by atoms with Crippen molar-refractivity contribution in [1.82, 2.24) is 19.7 Å². The number of nitrogens with zero attached hydrogens (tertiary/aromatic N) is 4. The summed E-state index contributed by atoms with van der Waals surface area (Å²) >= 11 is 0. The van der Waals surface area contributed by atoms with E-state index in [0.717, 1.165) is 38.8 Å². The van der Waals surface area contributed by atoms with Crippen molar-refractivity contribution in [1.29, 1.82) is 0 Å². The van der Waals surface area contributed by atoms with E-state index in [9.17, 15) is 14.0 Å². The van der Waals surface area contributed by atoms with Gasteiger partial charge in [0.1, 0.15) is 11.9 Å². The Kier molecular flexibility index (Phi) is 5.10. The van der Waals surface area contributed by atoms with Gasteiger partial charge < -0.3 is 19.4 Å². The van der Waals surface area contributed by atoms with Crippen molar-refractivity contribution in [3.63, 3.8) is 0 Å². The lowest BCUT2D eigenvalue weighted by Gasteiger charge is -2.34. The molecule has 4 heterocycles. The minimum atomic E-state index is -0.456. The molecule has 0 aliphatic carbocycles. The second kappa shape index (κ2) is 7.52.